The topological polar surface area (TPSA) is 52.1 Å². The Labute approximate surface area is 190 Å². The molecule has 2 heterocycles. The minimum Gasteiger partial charge on any atom is -0.494 e. The summed E-state index contributed by atoms with van der Waals surface area (Å²) in [7, 11) is 0. The zero-order chi connectivity index (χ0) is 22.0. The fraction of sp³-hybridized carbons (Fsp3) is 0.240. The third-order valence-corrected chi connectivity index (χ3v) is 7.00. The molecule has 2 aromatic heterocycles. The predicted octanol–water partition coefficient (Wildman–Crippen LogP) is 6.66. The molecule has 4 rings (SSSR count). The summed E-state index contributed by atoms with van der Waals surface area (Å²) in [6.07, 6.45) is 0. The van der Waals surface area contributed by atoms with Gasteiger partial charge in [-0.1, -0.05) is 36.0 Å². The maximum absolute atomic E-state index is 12.8. The Morgan fingerprint density at radius 3 is 2.52 bits per heavy atom. The Kier molecular flexibility index (Phi) is 6.39. The molecule has 0 amide bonds. The third-order valence-electron chi connectivity index (χ3n) is 5.16. The number of Topliss-reactive ketones (excluding diaryl/α,β-unsaturated/α-hetero) is 1. The first-order chi connectivity index (χ1) is 15.0. The second kappa shape index (κ2) is 9.20. The fourth-order valence-electron chi connectivity index (χ4n) is 3.36. The van der Waals surface area contributed by atoms with Gasteiger partial charge in [0.25, 0.3) is 0 Å². The average molecular weight is 449 g/mol. The first-order valence-corrected chi connectivity index (χ1v) is 12.0. The molecular weight excluding hydrogens is 424 g/mol. The molecule has 0 fully saturated rings. The van der Waals surface area contributed by atoms with E-state index in [2.05, 4.69) is 34.4 Å². The number of hydrogen-bond donors (Lipinski definition) is 0. The van der Waals surface area contributed by atoms with Crippen LogP contribution >= 0.6 is 23.1 Å². The van der Waals surface area contributed by atoms with Gasteiger partial charge in [-0.25, -0.2) is 9.97 Å². The number of aryl methyl sites for hydroxylation is 3. The molecule has 6 heteroatoms. The van der Waals surface area contributed by atoms with Crippen molar-refractivity contribution in [3.63, 3.8) is 0 Å². The Morgan fingerprint density at radius 1 is 1.03 bits per heavy atom. The first kappa shape index (κ1) is 21.5. The number of benzene rings is 2. The van der Waals surface area contributed by atoms with Crippen LogP contribution in [-0.2, 0) is 0 Å². The van der Waals surface area contributed by atoms with Crippen LogP contribution in [0.3, 0.4) is 0 Å². The highest BCUT2D eigenvalue weighted by molar-refractivity contribution is 8.00. The SMILES string of the molecule is CCOc1ccc(-c2csc3nc(C)nc(SCC(=O)c4ccc(C)c(C)c4)c23)cc1. The summed E-state index contributed by atoms with van der Waals surface area (Å²) in [6.45, 7) is 8.60. The van der Waals surface area contributed by atoms with Crippen LogP contribution in [0.2, 0.25) is 0 Å². The van der Waals surface area contributed by atoms with Crippen molar-refractivity contribution in [2.75, 3.05) is 12.4 Å². The van der Waals surface area contributed by atoms with Crippen molar-refractivity contribution in [1.29, 1.82) is 0 Å². The van der Waals surface area contributed by atoms with Gasteiger partial charge < -0.3 is 4.74 Å². The number of aromatic nitrogens is 2. The van der Waals surface area contributed by atoms with E-state index in [0.717, 1.165) is 43.2 Å². The Morgan fingerprint density at radius 2 is 1.81 bits per heavy atom. The number of thioether (sulfide) groups is 1. The maximum atomic E-state index is 12.8. The highest BCUT2D eigenvalue weighted by Crippen LogP contribution is 2.39. The van der Waals surface area contributed by atoms with Crippen LogP contribution in [0.5, 0.6) is 5.75 Å². The number of ketones is 1. The van der Waals surface area contributed by atoms with E-state index in [1.165, 1.54) is 17.3 Å². The molecular formula is C25H24N2O2S2. The lowest BCUT2D eigenvalue weighted by Crippen LogP contribution is -2.04. The van der Waals surface area contributed by atoms with E-state index in [-0.39, 0.29) is 5.78 Å². The summed E-state index contributed by atoms with van der Waals surface area (Å²) in [4.78, 5) is 23.1. The number of thiophene rings is 1. The highest BCUT2D eigenvalue weighted by atomic mass is 32.2. The van der Waals surface area contributed by atoms with E-state index < -0.39 is 0 Å². The molecule has 0 aliphatic rings. The molecule has 0 saturated heterocycles. The van der Waals surface area contributed by atoms with Crippen LogP contribution in [0.15, 0.2) is 52.9 Å². The van der Waals surface area contributed by atoms with E-state index in [0.29, 0.717) is 18.2 Å². The minimum absolute atomic E-state index is 0.107. The van der Waals surface area contributed by atoms with Crippen LogP contribution in [0.25, 0.3) is 21.3 Å². The number of rotatable bonds is 7. The Balaban J connectivity index is 1.64. The van der Waals surface area contributed by atoms with Crippen molar-refractivity contribution in [2.45, 2.75) is 32.7 Å². The molecule has 0 aliphatic heterocycles. The van der Waals surface area contributed by atoms with Crippen LogP contribution in [0.4, 0.5) is 0 Å². The average Bonchev–Trinajstić information content (AvgIpc) is 3.18. The van der Waals surface area contributed by atoms with Gasteiger partial charge in [-0.05, 0) is 62.6 Å². The molecule has 4 aromatic rings. The smallest absolute Gasteiger partial charge is 0.173 e. The molecule has 0 spiro atoms. The van der Waals surface area contributed by atoms with E-state index in [1.54, 1.807) is 11.3 Å². The van der Waals surface area contributed by atoms with Crippen molar-refractivity contribution < 1.29 is 9.53 Å². The summed E-state index contributed by atoms with van der Waals surface area (Å²) in [5, 5.41) is 3.98. The van der Waals surface area contributed by atoms with Gasteiger partial charge in [0.2, 0.25) is 0 Å². The number of carbonyl (C=O) groups is 1. The number of hydrogen-bond acceptors (Lipinski definition) is 6. The van der Waals surface area contributed by atoms with Gasteiger partial charge in [0, 0.05) is 16.5 Å². The van der Waals surface area contributed by atoms with Crippen LogP contribution in [0.1, 0.15) is 34.2 Å². The fourth-order valence-corrected chi connectivity index (χ4v) is 5.40. The lowest BCUT2D eigenvalue weighted by molar-refractivity contribution is 0.102. The summed E-state index contributed by atoms with van der Waals surface area (Å²) in [5.41, 5.74) is 5.24. The van der Waals surface area contributed by atoms with Crippen molar-refractivity contribution in [3.05, 3.63) is 70.4 Å². The number of carbonyl (C=O) groups excluding carboxylic acids is 1. The summed E-state index contributed by atoms with van der Waals surface area (Å²) >= 11 is 3.09. The number of fused-ring (bicyclic) bond motifs is 1. The number of ether oxygens (including phenoxy) is 1. The first-order valence-electron chi connectivity index (χ1n) is 10.2. The third kappa shape index (κ3) is 4.65. The van der Waals surface area contributed by atoms with E-state index in [4.69, 9.17) is 4.74 Å². The second-order valence-electron chi connectivity index (χ2n) is 7.37. The predicted molar refractivity (Wildman–Crippen MR) is 130 cm³/mol. The molecule has 0 unspecified atom stereocenters. The van der Waals surface area contributed by atoms with E-state index >= 15 is 0 Å². The van der Waals surface area contributed by atoms with Gasteiger partial charge >= 0.3 is 0 Å². The zero-order valence-corrected chi connectivity index (χ0v) is 19.7. The van der Waals surface area contributed by atoms with Crippen molar-refractivity contribution in [2.24, 2.45) is 0 Å². The molecule has 2 aromatic carbocycles. The lowest BCUT2D eigenvalue weighted by Gasteiger charge is -2.08. The van der Waals surface area contributed by atoms with Crippen molar-refractivity contribution in [3.8, 4) is 16.9 Å². The van der Waals surface area contributed by atoms with Crippen molar-refractivity contribution >= 4 is 39.1 Å². The van der Waals surface area contributed by atoms with Gasteiger partial charge in [0.15, 0.2) is 5.78 Å². The van der Waals surface area contributed by atoms with Crippen molar-refractivity contribution in [1.82, 2.24) is 9.97 Å². The van der Waals surface area contributed by atoms with Gasteiger partial charge in [0.05, 0.1) is 17.7 Å². The van der Waals surface area contributed by atoms with Gasteiger partial charge in [-0.3, -0.25) is 4.79 Å². The highest BCUT2D eigenvalue weighted by Gasteiger charge is 2.17. The van der Waals surface area contributed by atoms with E-state index in [9.17, 15) is 4.79 Å². The molecule has 0 aliphatic carbocycles. The largest absolute Gasteiger partial charge is 0.494 e. The molecule has 0 saturated carbocycles. The molecule has 0 bridgehead atoms. The van der Waals surface area contributed by atoms with Gasteiger partial charge in [-0.2, -0.15) is 0 Å². The van der Waals surface area contributed by atoms with Crippen LogP contribution < -0.4 is 4.74 Å². The molecule has 158 valence electrons. The summed E-state index contributed by atoms with van der Waals surface area (Å²) < 4.78 is 5.56. The lowest BCUT2D eigenvalue weighted by atomic mass is 10.0. The Hall–Kier alpha value is -2.70. The molecule has 0 N–H and O–H groups in total. The molecule has 0 atom stereocenters. The Bertz CT molecular complexity index is 1250. The second-order valence-corrected chi connectivity index (χ2v) is 9.20. The standard InChI is InChI=1S/C25H24N2O2S2/c1-5-29-20-10-8-18(9-11-20)21-13-30-24-23(21)25(27-17(4)26-24)31-14-22(28)19-7-6-15(2)16(3)12-19/h6-13H,5,14H2,1-4H3. The van der Waals surface area contributed by atoms with Crippen LogP contribution in [-0.4, -0.2) is 28.1 Å². The molecule has 31 heavy (non-hydrogen) atoms. The quantitative estimate of drug-likeness (QED) is 0.180. The monoisotopic (exact) mass is 448 g/mol. The van der Waals surface area contributed by atoms with E-state index in [1.807, 2.05) is 51.1 Å². The zero-order valence-electron chi connectivity index (χ0n) is 18.1. The summed E-state index contributed by atoms with van der Waals surface area (Å²) in [6, 6.07) is 13.9. The van der Waals surface area contributed by atoms with Gasteiger partial charge in [0.1, 0.15) is 21.4 Å². The molecule has 4 nitrogen and oxygen atoms in total. The molecule has 0 radical (unpaired) electrons. The minimum atomic E-state index is 0.107. The van der Waals surface area contributed by atoms with Crippen LogP contribution in [0, 0.1) is 20.8 Å². The number of nitrogens with zero attached hydrogens (tertiary/aromatic N) is 2. The van der Waals surface area contributed by atoms with Gasteiger partial charge in [-0.15, -0.1) is 11.3 Å². The maximum Gasteiger partial charge on any atom is 0.173 e. The summed E-state index contributed by atoms with van der Waals surface area (Å²) in [5.74, 6) is 2.02. The normalized spacial score (nSPS) is 11.1.